The SMILES string of the molecule is CCCn1c(C(C#N)c2ccnc(NCCCN3CCCC3=O)n2)nc2ccccc21. The number of rotatable bonds is 9. The number of fused-ring (bicyclic) bond motifs is 1. The van der Waals surface area contributed by atoms with Gasteiger partial charge in [-0.05, 0) is 37.5 Å². The molecular weight excluding hydrogens is 390 g/mol. The lowest BCUT2D eigenvalue weighted by atomic mass is 10.1. The summed E-state index contributed by atoms with van der Waals surface area (Å²) in [6, 6.07) is 12.1. The maximum Gasteiger partial charge on any atom is 0.222 e. The monoisotopic (exact) mass is 417 g/mol. The van der Waals surface area contributed by atoms with E-state index < -0.39 is 5.92 Å². The molecule has 1 N–H and O–H groups in total. The maximum absolute atomic E-state index is 11.7. The normalized spacial score (nSPS) is 14.7. The Hall–Kier alpha value is -3.47. The molecule has 0 spiro atoms. The van der Waals surface area contributed by atoms with E-state index in [9.17, 15) is 10.1 Å². The Balaban J connectivity index is 1.49. The van der Waals surface area contributed by atoms with Crippen molar-refractivity contribution in [1.29, 1.82) is 5.26 Å². The molecule has 3 heterocycles. The third-order valence-corrected chi connectivity index (χ3v) is 5.55. The molecule has 1 aliphatic rings. The fourth-order valence-electron chi connectivity index (χ4n) is 4.06. The quantitative estimate of drug-likeness (QED) is 0.536. The number of aromatic nitrogens is 4. The third-order valence-electron chi connectivity index (χ3n) is 5.55. The number of nitriles is 1. The zero-order chi connectivity index (χ0) is 21.6. The summed E-state index contributed by atoms with van der Waals surface area (Å²) in [6.45, 7) is 5.17. The lowest BCUT2D eigenvalue weighted by Gasteiger charge is -2.15. The summed E-state index contributed by atoms with van der Waals surface area (Å²) in [4.78, 5) is 27.3. The van der Waals surface area contributed by atoms with Crippen LogP contribution >= 0.6 is 0 Å². The topological polar surface area (TPSA) is 99.7 Å². The van der Waals surface area contributed by atoms with Gasteiger partial charge < -0.3 is 14.8 Å². The fourth-order valence-corrected chi connectivity index (χ4v) is 4.06. The first-order chi connectivity index (χ1) is 15.2. The average molecular weight is 418 g/mol. The molecule has 0 bridgehead atoms. The predicted molar refractivity (Wildman–Crippen MR) is 118 cm³/mol. The first-order valence-electron chi connectivity index (χ1n) is 10.9. The number of hydrogen-bond donors (Lipinski definition) is 1. The third kappa shape index (κ3) is 4.50. The number of nitrogens with zero attached hydrogens (tertiary/aromatic N) is 6. The number of benzene rings is 1. The zero-order valence-electron chi connectivity index (χ0n) is 17.8. The Labute approximate surface area is 181 Å². The van der Waals surface area contributed by atoms with E-state index in [0.717, 1.165) is 49.9 Å². The highest BCUT2D eigenvalue weighted by Crippen LogP contribution is 2.27. The zero-order valence-corrected chi connectivity index (χ0v) is 17.8. The predicted octanol–water partition coefficient (Wildman–Crippen LogP) is 3.32. The molecule has 8 nitrogen and oxygen atoms in total. The summed E-state index contributed by atoms with van der Waals surface area (Å²) < 4.78 is 2.12. The van der Waals surface area contributed by atoms with Gasteiger partial charge in [0, 0.05) is 38.8 Å². The Morgan fingerprint density at radius 1 is 1.23 bits per heavy atom. The minimum absolute atomic E-state index is 0.241. The van der Waals surface area contributed by atoms with Crippen molar-refractivity contribution in [3.8, 4) is 6.07 Å². The molecule has 8 heteroatoms. The van der Waals surface area contributed by atoms with Gasteiger partial charge in [0.1, 0.15) is 11.7 Å². The number of nitrogens with one attached hydrogen (secondary N) is 1. The van der Waals surface area contributed by atoms with Gasteiger partial charge in [-0.2, -0.15) is 5.26 Å². The summed E-state index contributed by atoms with van der Waals surface area (Å²) in [6.07, 6.45) is 5.06. The molecule has 1 atom stereocenters. The molecule has 2 aromatic heterocycles. The number of carbonyl (C=O) groups excluding carboxylic acids is 1. The fraction of sp³-hybridized carbons (Fsp3) is 0.435. The van der Waals surface area contributed by atoms with Crippen LogP contribution in [0.25, 0.3) is 11.0 Å². The molecule has 1 fully saturated rings. The lowest BCUT2D eigenvalue weighted by molar-refractivity contribution is -0.127. The molecule has 160 valence electrons. The summed E-state index contributed by atoms with van der Waals surface area (Å²) in [5.74, 6) is 0.862. The van der Waals surface area contributed by atoms with Crippen LogP contribution in [0.5, 0.6) is 0 Å². The second-order valence-corrected chi connectivity index (χ2v) is 7.74. The highest BCUT2D eigenvalue weighted by molar-refractivity contribution is 5.78. The van der Waals surface area contributed by atoms with Gasteiger partial charge in [0.05, 0.1) is 22.8 Å². The Morgan fingerprint density at radius 3 is 2.87 bits per heavy atom. The second-order valence-electron chi connectivity index (χ2n) is 7.74. The van der Waals surface area contributed by atoms with E-state index in [0.29, 0.717) is 30.4 Å². The summed E-state index contributed by atoms with van der Waals surface area (Å²) >= 11 is 0. The number of likely N-dealkylation sites (tertiary alicyclic amines) is 1. The number of anilines is 1. The van der Waals surface area contributed by atoms with Gasteiger partial charge in [0.2, 0.25) is 11.9 Å². The minimum atomic E-state index is -0.579. The summed E-state index contributed by atoms with van der Waals surface area (Å²) in [7, 11) is 0. The van der Waals surface area contributed by atoms with Crippen molar-refractivity contribution in [2.75, 3.05) is 25.0 Å². The van der Waals surface area contributed by atoms with Crippen molar-refractivity contribution in [3.05, 3.63) is 48.0 Å². The van der Waals surface area contributed by atoms with Crippen LogP contribution in [0.3, 0.4) is 0 Å². The van der Waals surface area contributed by atoms with Crippen LogP contribution < -0.4 is 5.32 Å². The molecule has 1 aromatic carbocycles. The summed E-state index contributed by atoms with van der Waals surface area (Å²) in [5, 5.41) is 13.2. The van der Waals surface area contributed by atoms with Crippen molar-refractivity contribution >= 4 is 22.9 Å². The van der Waals surface area contributed by atoms with E-state index in [-0.39, 0.29) is 5.91 Å². The Kier molecular flexibility index (Phi) is 6.41. The van der Waals surface area contributed by atoms with Crippen LogP contribution in [-0.2, 0) is 11.3 Å². The van der Waals surface area contributed by atoms with Crippen molar-refractivity contribution in [2.45, 2.75) is 45.1 Å². The van der Waals surface area contributed by atoms with Gasteiger partial charge in [0.15, 0.2) is 0 Å². The van der Waals surface area contributed by atoms with Gasteiger partial charge in [-0.3, -0.25) is 4.79 Å². The molecule has 0 aliphatic carbocycles. The van der Waals surface area contributed by atoms with E-state index in [4.69, 9.17) is 4.98 Å². The average Bonchev–Trinajstić information content (AvgIpc) is 3.36. The van der Waals surface area contributed by atoms with Crippen molar-refractivity contribution in [3.63, 3.8) is 0 Å². The van der Waals surface area contributed by atoms with E-state index in [1.54, 1.807) is 12.3 Å². The number of imidazole rings is 1. The standard InChI is InChI=1S/C23H27N7O/c1-2-13-30-20-8-4-3-7-19(20)27-22(30)17(16-24)18-10-12-26-23(28-18)25-11-6-15-29-14-5-9-21(29)31/h3-4,7-8,10,12,17H,2,5-6,9,11,13-15H2,1H3,(H,25,26,28). The number of aryl methyl sites for hydroxylation is 1. The van der Waals surface area contributed by atoms with Crippen LogP contribution in [0.4, 0.5) is 5.95 Å². The van der Waals surface area contributed by atoms with Crippen LogP contribution in [0.15, 0.2) is 36.5 Å². The second kappa shape index (κ2) is 9.56. The van der Waals surface area contributed by atoms with Crippen LogP contribution in [0, 0.1) is 11.3 Å². The van der Waals surface area contributed by atoms with Gasteiger partial charge in [-0.25, -0.2) is 15.0 Å². The molecular formula is C23H27N7O. The van der Waals surface area contributed by atoms with Gasteiger partial charge in [-0.15, -0.1) is 0 Å². The van der Waals surface area contributed by atoms with Crippen molar-refractivity contribution in [1.82, 2.24) is 24.4 Å². The summed E-state index contributed by atoms with van der Waals surface area (Å²) in [5.41, 5.74) is 2.54. The van der Waals surface area contributed by atoms with Gasteiger partial charge >= 0.3 is 0 Å². The Morgan fingerprint density at radius 2 is 2.10 bits per heavy atom. The number of carbonyl (C=O) groups is 1. The molecule has 3 aromatic rings. The van der Waals surface area contributed by atoms with Gasteiger partial charge in [0.25, 0.3) is 0 Å². The lowest BCUT2D eigenvalue weighted by Crippen LogP contribution is -2.27. The molecule has 1 saturated heterocycles. The van der Waals surface area contributed by atoms with Gasteiger partial charge in [-0.1, -0.05) is 19.1 Å². The molecule has 0 saturated carbocycles. The molecule has 31 heavy (non-hydrogen) atoms. The molecule has 1 aliphatic heterocycles. The highest BCUT2D eigenvalue weighted by Gasteiger charge is 2.23. The molecule has 0 radical (unpaired) electrons. The highest BCUT2D eigenvalue weighted by atomic mass is 16.2. The van der Waals surface area contributed by atoms with Crippen LogP contribution in [-0.4, -0.2) is 50.0 Å². The minimum Gasteiger partial charge on any atom is -0.354 e. The van der Waals surface area contributed by atoms with Crippen LogP contribution in [0.2, 0.25) is 0 Å². The molecule has 4 rings (SSSR count). The first kappa shape index (κ1) is 20.8. The largest absolute Gasteiger partial charge is 0.354 e. The van der Waals surface area contributed by atoms with E-state index >= 15 is 0 Å². The van der Waals surface area contributed by atoms with Crippen molar-refractivity contribution in [2.24, 2.45) is 0 Å². The molecule has 1 amide bonds. The van der Waals surface area contributed by atoms with E-state index in [1.165, 1.54) is 0 Å². The number of hydrogen-bond acceptors (Lipinski definition) is 6. The van der Waals surface area contributed by atoms with Crippen molar-refractivity contribution < 1.29 is 4.79 Å². The van der Waals surface area contributed by atoms with E-state index in [1.807, 2.05) is 29.2 Å². The molecule has 1 unspecified atom stereocenters. The number of amides is 1. The smallest absolute Gasteiger partial charge is 0.222 e. The van der Waals surface area contributed by atoms with E-state index in [2.05, 4.69) is 32.8 Å². The maximum atomic E-state index is 11.7. The number of para-hydroxylation sites is 2. The Bertz CT molecular complexity index is 1100. The first-order valence-corrected chi connectivity index (χ1v) is 10.9. The van der Waals surface area contributed by atoms with Crippen LogP contribution in [0.1, 0.15) is 50.0 Å².